The number of halogens is 1. The molecular formula is C22H22FN7O2. The van der Waals surface area contributed by atoms with Crippen LogP contribution in [-0.4, -0.2) is 61.6 Å². The molecule has 0 unspecified atom stereocenters. The standard InChI is InChI=1S/C22H22FN7O2/c1-4-32-22-27-19(25-13-29(2)3)18-21(28-22)30(12-14-5-7-17(31)8-6-14)20(26-18)15-9-16(23)11-24-10-15/h5-11,13,31H,4,12H2,1-3H3. The van der Waals surface area contributed by atoms with Gasteiger partial charge in [-0.15, -0.1) is 0 Å². The molecule has 0 bridgehead atoms. The van der Waals surface area contributed by atoms with E-state index in [0.29, 0.717) is 41.5 Å². The monoisotopic (exact) mass is 435 g/mol. The highest BCUT2D eigenvalue weighted by Crippen LogP contribution is 2.31. The number of pyridine rings is 1. The van der Waals surface area contributed by atoms with Gasteiger partial charge in [-0.05, 0) is 30.7 Å². The van der Waals surface area contributed by atoms with Crippen LogP contribution in [0, 0.1) is 5.82 Å². The number of phenols is 1. The maximum absolute atomic E-state index is 14.0. The molecule has 164 valence electrons. The minimum atomic E-state index is -0.474. The molecule has 3 heterocycles. The number of aromatic nitrogens is 5. The summed E-state index contributed by atoms with van der Waals surface area (Å²) in [6.45, 7) is 2.59. The summed E-state index contributed by atoms with van der Waals surface area (Å²) in [5, 5.41) is 9.63. The molecule has 10 heteroatoms. The van der Waals surface area contributed by atoms with E-state index in [1.165, 1.54) is 12.3 Å². The quantitative estimate of drug-likeness (QED) is 0.351. The molecule has 0 spiro atoms. The summed E-state index contributed by atoms with van der Waals surface area (Å²) in [5.74, 6) is 0.490. The van der Waals surface area contributed by atoms with E-state index in [9.17, 15) is 9.50 Å². The molecule has 0 aliphatic heterocycles. The Morgan fingerprint density at radius 2 is 1.94 bits per heavy atom. The Hall–Kier alpha value is -4.08. The SMILES string of the molecule is CCOc1nc(N=CN(C)C)c2nc(-c3cncc(F)c3)n(Cc3ccc(O)cc3)c2n1. The Morgan fingerprint density at radius 3 is 2.62 bits per heavy atom. The van der Waals surface area contributed by atoms with Crippen LogP contribution >= 0.6 is 0 Å². The number of benzene rings is 1. The summed E-state index contributed by atoms with van der Waals surface area (Å²) in [6.07, 6.45) is 4.29. The third-order valence-corrected chi connectivity index (χ3v) is 4.48. The third-order valence-electron chi connectivity index (χ3n) is 4.48. The van der Waals surface area contributed by atoms with Gasteiger partial charge in [0, 0.05) is 25.9 Å². The maximum Gasteiger partial charge on any atom is 0.320 e. The number of aliphatic imine (C=N–C) groups is 1. The fraction of sp³-hybridized carbons (Fsp3) is 0.227. The molecule has 0 saturated heterocycles. The number of nitrogens with zero attached hydrogens (tertiary/aromatic N) is 7. The van der Waals surface area contributed by atoms with E-state index < -0.39 is 5.82 Å². The zero-order valence-electron chi connectivity index (χ0n) is 17.9. The van der Waals surface area contributed by atoms with E-state index >= 15 is 0 Å². The number of hydrogen-bond acceptors (Lipinski definition) is 7. The minimum absolute atomic E-state index is 0.167. The third kappa shape index (κ3) is 4.48. The lowest BCUT2D eigenvalue weighted by Gasteiger charge is -2.10. The van der Waals surface area contributed by atoms with Gasteiger partial charge in [0.1, 0.15) is 17.4 Å². The van der Waals surface area contributed by atoms with Crippen LogP contribution in [0.4, 0.5) is 10.2 Å². The molecule has 4 aromatic rings. The van der Waals surface area contributed by atoms with Gasteiger partial charge in [0.15, 0.2) is 17.0 Å². The van der Waals surface area contributed by atoms with Crippen molar-refractivity contribution in [2.24, 2.45) is 4.99 Å². The van der Waals surface area contributed by atoms with Crippen LogP contribution in [0.5, 0.6) is 11.8 Å². The lowest BCUT2D eigenvalue weighted by molar-refractivity contribution is 0.314. The Morgan fingerprint density at radius 1 is 1.16 bits per heavy atom. The van der Waals surface area contributed by atoms with Crippen molar-refractivity contribution in [1.82, 2.24) is 29.4 Å². The van der Waals surface area contributed by atoms with Gasteiger partial charge in [0.05, 0.1) is 25.7 Å². The molecule has 0 amide bonds. The van der Waals surface area contributed by atoms with Crippen LogP contribution in [0.2, 0.25) is 0 Å². The van der Waals surface area contributed by atoms with Gasteiger partial charge < -0.3 is 19.3 Å². The molecule has 0 aliphatic carbocycles. The number of aromatic hydroxyl groups is 1. The van der Waals surface area contributed by atoms with E-state index in [2.05, 4.69) is 19.9 Å². The predicted molar refractivity (Wildman–Crippen MR) is 119 cm³/mol. The molecule has 1 N–H and O–H groups in total. The Bertz CT molecular complexity index is 1270. The highest BCUT2D eigenvalue weighted by molar-refractivity contribution is 5.87. The number of imidazole rings is 1. The number of ether oxygens (including phenoxy) is 1. The largest absolute Gasteiger partial charge is 0.508 e. The molecule has 9 nitrogen and oxygen atoms in total. The first-order valence-electron chi connectivity index (χ1n) is 9.95. The van der Waals surface area contributed by atoms with Crippen LogP contribution in [0.25, 0.3) is 22.6 Å². The molecule has 0 atom stereocenters. The van der Waals surface area contributed by atoms with Gasteiger partial charge in [0.25, 0.3) is 0 Å². The summed E-state index contributed by atoms with van der Waals surface area (Å²) >= 11 is 0. The van der Waals surface area contributed by atoms with Crippen molar-refractivity contribution in [3.63, 3.8) is 0 Å². The minimum Gasteiger partial charge on any atom is -0.508 e. The summed E-state index contributed by atoms with van der Waals surface area (Å²) in [7, 11) is 3.69. The van der Waals surface area contributed by atoms with Crippen molar-refractivity contribution in [2.45, 2.75) is 13.5 Å². The van der Waals surface area contributed by atoms with Crippen LogP contribution in [0.15, 0.2) is 47.7 Å². The number of fused-ring (bicyclic) bond motifs is 1. The van der Waals surface area contributed by atoms with Gasteiger partial charge >= 0.3 is 6.01 Å². The lowest BCUT2D eigenvalue weighted by atomic mass is 10.2. The smallest absolute Gasteiger partial charge is 0.320 e. The average molecular weight is 435 g/mol. The maximum atomic E-state index is 14.0. The Balaban J connectivity index is 1.97. The van der Waals surface area contributed by atoms with Crippen molar-refractivity contribution >= 4 is 23.3 Å². The van der Waals surface area contributed by atoms with Crippen molar-refractivity contribution in [1.29, 1.82) is 0 Å². The topological polar surface area (TPSA) is 102 Å². The summed E-state index contributed by atoms with van der Waals surface area (Å²) in [6, 6.07) is 8.33. The van der Waals surface area contributed by atoms with Crippen molar-refractivity contribution in [3.8, 4) is 23.1 Å². The van der Waals surface area contributed by atoms with E-state index in [0.717, 1.165) is 11.8 Å². The van der Waals surface area contributed by atoms with Gasteiger partial charge in [-0.1, -0.05) is 12.1 Å². The van der Waals surface area contributed by atoms with Crippen LogP contribution in [0.3, 0.4) is 0 Å². The second-order valence-electron chi connectivity index (χ2n) is 7.22. The molecule has 32 heavy (non-hydrogen) atoms. The molecule has 1 aromatic carbocycles. The summed E-state index contributed by atoms with van der Waals surface area (Å²) in [5.41, 5.74) is 2.32. The summed E-state index contributed by atoms with van der Waals surface area (Å²) in [4.78, 5) is 23.8. The van der Waals surface area contributed by atoms with Gasteiger partial charge in [-0.3, -0.25) is 4.98 Å². The number of hydrogen-bond donors (Lipinski definition) is 1. The highest BCUT2D eigenvalue weighted by atomic mass is 19.1. The van der Waals surface area contributed by atoms with Crippen LogP contribution in [-0.2, 0) is 6.54 Å². The van der Waals surface area contributed by atoms with E-state index in [-0.39, 0.29) is 11.8 Å². The molecule has 0 saturated carbocycles. The number of rotatable bonds is 7. The second-order valence-corrected chi connectivity index (χ2v) is 7.22. The van der Waals surface area contributed by atoms with Crippen LogP contribution < -0.4 is 4.74 Å². The molecule has 0 fully saturated rings. The van der Waals surface area contributed by atoms with E-state index in [1.807, 2.05) is 25.6 Å². The predicted octanol–water partition coefficient (Wildman–Crippen LogP) is 3.40. The Kier molecular flexibility index (Phi) is 5.93. The summed E-state index contributed by atoms with van der Waals surface area (Å²) < 4.78 is 21.4. The highest BCUT2D eigenvalue weighted by Gasteiger charge is 2.20. The zero-order valence-corrected chi connectivity index (χ0v) is 17.9. The average Bonchev–Trinajstić information content (AvgIpc) is 3.12. The fourth-order valence-electron chi connectivity index (χ4n) is 3.11. The molecule has 3 aromatic heterocycles. The first-order chi connectivity index (χ1) is 15.4. The molecule has 0 aliphatic rings. The van der Waals surface area contributed by atoms with Crippen LogP contribution in [0.1, 0.15) is 12.5 Å². The van der Waals surface area contributed by atoms with Crippen molar-refractivity contribution < 1.29 is 14.2 Å². The fourth-order valence-corrected chi connectivity index (χ4v) is 3.11. The van der Waals surface area contributed by atoms with Crippen molar-refractivity contribution in [2.75, 3.05) is 20.7 Å². The molecule has 4 rings (SSSR count). The normalized spacial score (nSPS) is 11.4. The first-order valence-corrected chi connectivity index (χ1v) is 9.95. The first kappa shape index (κ1) is 21.2. The number of phenolic OH excluding ortho intramolecular Hbond substituents is 1. The van der Waals surface area contributed by atoms with Gasteiger partial charge in [-0.25, -0.2) is 14.4 Å². The molecular weight excluding hydrogens is 413 g/mol. The lowest BCUT2D eigenvalue weighted by Crippen LogP contribution is -2.07. The van der Waals surface area contributed by atoms with E-state index in [1.54, 1.807) is 35.5 Å². The van der Waals surface area contributed by atoms with Crippen molar-refractivity contribution in [3.05, 3.63) is 54.1 Å². The van der Waals surface area contributed by atoms with Gasteiger partial charge in [-0.2, -0.15) is 9.97 Å². The van der Waals surface area contributed by atoms with E-state index in [4.69, 9.17) is 9.72 Å². The van der Waals surface area contributed by atoms with Gasteiger partial charge in [0.2, 0.25) is 0 Å². The zero-order chi connectivity index (χ0) is 22.7. The Labute approximate surface area is 183 Å². The second kappa shape index (κ2) is 8.96. The molecule has 0 radical (unpaired) electrons.